The molecule has 1 amide bonds. The van der Waals surface area contributed by atoms with Crippen molar-refractivity contribution in [2.24, 2.45) is 5.41 Å². The molecule has 1 aliphatic carbocycles. The number of ether oxygens (including phenoxy) is 1. The van der Waals surface area contributed by atoms with Crippen molar-refractivity contribution in [1.29, 1.82) is 0 Å². The van der Waals surface area contributed by atoms with Crippen LogP contribution < -0.4 is 4.74 Å². The van der Waals surface area contributed by atoms with E-state index in [1.165, 1.54) is 29.2 Å². The highest BCUT2D eigenvalue weighted by Crippen LogP contribution is 2.58. The van der Waals surface area contributed by atoms with Crippen LogP contribution in [0.1, 0.15) is 74.5 Å². The summed E-state index contributed by atoms with van der Waals surface area (Å²) in [5.74, 6) is -2.08. The number of amides is 1. The molecule has 0 spiro atoms. The molecular weight excluding hydrogens is 659 g/mol. The fourth-order valence-electron chi connectivity index (χ4n) is 7.57. The molecule has 2 aliphatic heterocycles. The summed E-state index contributed by atoms with van der Waals surface area (Å²) in [4.78, 5) is 26.9. The van der Waals surface area contributed by atoms with E-state index in [1.807, 2.05) is 0 Å². The number of carboxylic acids is 1. The monoisotopic (exact) mass is 693 g/mol. The summed E-state index contributed by atoms with van der Waals surface area (Å²) in [6.45, 7) is 0.991. The zero-order valence-electron chi connectivity index (χ0n) is 25.4. The van der Waals surface area contributed by atoms with Crippen molar-refractivity contribution < 1.29 is 58.6 Å². The van der Waals surface area contributed by atoms with Gasteiger partial charge in [0.05, 0.1) is 10.9 Å². The van der Waals surface area contributed by atoms with E-state index in [-0.39, 0.29) is 54.8 Å². The van der Waals surface area contributed by atoms with Crippen LogP contribution in [0.5, 0.6) is 5.75 Å². The first-order valence-corrected chi connectivity index (χ1v) is 16.7. The van der Waals surface area contributed by atoms with Crippen LogP contribution >= 0.6 is 0 Å². The number of fused-ring (bicyclic) bond motifs is 3. The average molecular weight is 694 g/mol. The fraction of sp³-hybridized carbons (Fsp3) is 0.562. The Balaban J connectivity index is 1.65. The van der Waals surface area contributed by atoms with E-state index in [0.717, 1.165) is 18.1 Å². The normalized spacial score (nSPS) is 23.1. The summed E-state index contributed by atoms with van der Waals surface area (Å²) in [7, 11) is -4.53. The average Bonchev–Trinajstić information content (AvgIpc) is 3.41. The number of hydrogen-bond donors (Lipinski definition) is 1. The molecule has 2 aromatic carbocycles. The van der Waals surface area contributed by atoms with Gasteiger partial charge in [0, 0.05) is 29.5 Å². The Kier molecular flexibility index (Phi) is 8.89. The van der Waals surface area contributed by atoms with Crippen LogP contribution in [0.3, 0.4) is 0 Å². The number of rotatable bonds is 8. The number of carbonyl (C=O) groups excluding carboxylic acids is 1. The number of carbonyl (C=O) groups is 2. The lowest BCUT2D eigenvalue weighted by Gasteiger charge is -2.45. The van der Waals surface area contributed by atoms with E-state index in [1.54, 1.807) is 6.92 Å². The quantitative estimate of drug-likeness (QED) is 0.295. The molecule has 2 fully saturated rings. The minimum absolute atomic E-state index is 0.127. The van der Waals surface area contributed by atoms with E-state index >= 15 is 4.39 Å². The number of halogens is 7. The van der Waals surface area contributed by atoms with Crippen LogP contribution in [0.15, 0.2) is 47.4 Å². The Morgan fingerprint density at radius 1 is 0.936 bits per heavy atom. The molecule has 258 valence electrons. The van der Waals surface area contributed by atoms with Gasteiger partial charge in [-0.2, -0.15) is 26.3 Å². The van der Waals surface area contributed by atoms with Gasteiger partial charge in [0.25, 0.3) is 0 Å². The molecule has 2 atom stereocenters. The lowest BCUT2D eigenvalue weighted by molar-refractivity contribution is -0.348. The molecule has 2 heterocycles. The van der Waals surface area contributed by atoms with Gasteiger partial charge >= 0.3 is 24.0 Å². The Labute approximate surface area is 267 Å². The topological polar surface area (TPSA) is 101 Å². The molecule has 0 radical (unpaired) electrons. The second-order valence-corrected chi connectivity index (χ2v) is 14.9. The predicted octanol–water partition coefficient (Wildman–Crippen LogP) is 7.15. The lowest BCUT2D eigenvalue weighted by Crippen LogP contribution is -2.57. The van der Waals surface area contributed by atoms with Crippen molar-refractivity contribution in [2.45, 2.75) is 98.4 Å². The van der Waals surface area contributed by atoms with Gasteiger partial charge in [-0.15, -0.1) is 0 Å². The predicted molar refractivity (Wildman–Crippen MR) is 154 cm³/mol. The molecule has 5 rings (SSSR count). The molecule has 2 unspecified atom stereocenters. The number of sulfone groups is 1. The number of likely N-dealkylation sites (tertiary alicyclic amines) is 1. The number of aliphatic carboxylic acids is 1. The van der Waals surface area contributed by atoms with Crippen molar-refractivity contribution in [3.05, 3.63) is 59.2 Å². The summed E-state index contributed by atoms with van der Waals surface area (Å²) in [6.07, 6.45) is -9.65. The fourth-order valence-corrected chi connectivity index (χ4v) is 9.86. The number of nitrogens with zero attached hydrogens (tertiary/aromatic N) is 1. The summed E-state index contributed by atoms with van der Waals surface area (Å²) in [5.41, 5.74) is -8.11. The van der Waals surface area contributed by atoms with Gasteiger partial charge in [0.15, 0.2) is 9.84 Å². The van der Waals surface area contributed by atoms with E-state index in [2.05, 4.69) is 0 Å². The maximum atomic E-state index is 15.1. The highest BCUT2D eigenvalue weighted by molar-refractivity contribution is 7.92. The van der Waals surface area contributed by atoms with Crippen LogP contribution in [0, 0.1) is 12.3 Å². The SMILES string of the molecule is Cc1ccc(S(=O)(=O)C23CCN(C(=O)C4(CCCC(=O)O)CCCCC4)C2COc2cc(C(F)(C(F)(F)F)C(F)(F)F)ccc23)cc1. The van der Waals surface area contributed by atoms with Gasteiger partial charge in [0.2, 0.25) is 5.91 Å². The van der Waals surface area contributed by atoms with Crippen LogP contribution in [0.2, 0.25) is 0 Å². The van der Waals surface area contributed by atoms with Gasteiger partial charge in [-0.05, 0) is 57.2 Å². The van der Waals surface area contributed by atoms with E-state index < -0.39 is 73.9 Å². The number of hydrogen-bond acceptors (Lipinski definition) is 5. The van der Waals surface area contributed by atoms with E-state index in [9.17, 15) is 49.5 Å². The summed E-state index contributed by atoms with van der Waals surface area (Å²) in [5, 5.41) is 9.21. The first-order chi connectivity index (χ1) is 21.8. The molecule has 47 heavy (non-hydrogen) atoms. The first-order valence-electron chi connectivity index (χ1n) is 15.3. The summed E-state index contributed by atoms with van der Waals surface area (Å²) < 4.78 is 130. The second-order valence-electron chi connectivity index (χ2n) is 12.7. The molecule has 7 nitrogen and oxygen atoms in total. The second kappa shape index (κ2) is 12.0. The minimum atomic E-state index is -6.39. The largest absolute Gasteiger partial charge is 0.491 e. The van der Waals surface area contributed by atoms with Crippen molar-refractivity contribution in [2.75, 3.05) is 13.2 Å². The van der Waals surface area contributed by atoms with E-state index in [0.29, 0.717) is 25.7 Å². The first kappa shape index (κ1) is 35.0. The maximum absolute atomic E-state index is 15.1. The van der Waals surface area contributed by atoms with Crippen LogP contribution in [-0.2, 0) is 29.8 Å². The summed E-state index contributed by atoms with van der Waals surface area (Å²) >= 11 is 0. The molecule has 0 bridgehead atoms. The molecule has 1 saturated heterocycles. The third-order valence-electron chi connectivity index (χ3n) is 10.0. The van der Waals surface area contributed by atoms with Gasteiger partial charge in [-0.3, -0.25) is 9.59 Å². The molecule has 1 saturated carbocycles. The van der Waals surface area contributed by atoms with Crippen molar-refractivity contribution in [3.63, 3.8) is 0 Å². The maximum Gasteiger partial charge on any atom is 0.435 e. The van der Waals surface area contributed by atoms with Crippen LogP contribution in [0.4, 0.5) is 30.7 Å². The van der Waals surface area contributed by atoms with E-state index in [4.69, 9.17) is 4.74 Å². The molecule has 0 aromatic heterocycles. The Morgan fingerprint density at radius 2 is 1.55 bits per heavy atom. The standard InChI is InChI=1S/C32H34F7NO6S/c1-20-7-10-22(11-8-20)47(44,45)29-16-17-40(27(43)28(13-3-2-4-14-28)15-5-6-26(41)42)25(29)19-46-24-18-21(9-12-23(24)29)30(33,31(34,35)36)32(37,38)39/h7-12,18,25H,2-6,13-17,19H2,1H3,(H,41,42). The number of alkyl halides is 7. The Hall–Kier alpha value is -3.36. The van der Waals surface area contributed by atoms with Crippen LogP contribution in [-0.4, -0.2) is 61.8 Å². The third-order valence-corrected chi connectivity index (χ3v) is 12.6. The highest BCUT2D eigenvalue weighted by atomic mass is 32.2. The van der Waals surface area contributed by atoms with Crippen molar-refractivity contribution >= 4 is 21.7 Å². The van der Waals surface area contributed by atoms with Gasteiger partial charge in [-0.25, -0.2) is 12.8 Å². The van der Waals surface area contributed by atoms with Gasteiger partial charge < -0.3 is 14.7 Å². The van der Waals surface area contributed by atoms with Crippen molar-refractivity contribution in [1.82, 2.24) is 4.90 Å². The van der Waals surface area contributed by atoms with Gasteiger partial charge in [-0.1, -0.05) is 49.1 Å². The minimum Gasteiger partial charge on any atom is -0.491 e. The highest BCUT2D eigenvalue weighted by Gasteiger charge is 2.74. The lowest BCUT2D eigenvalue weighted by atomic mass is 9.69. The van der Waals surface area contributed by atoms with Crippen molar-refractivity contribution in [3.8, 4) is 5.75 Å². The molecule has 2 aromatic rings. The Morgan fingerprint density at radius 3 is 2.13 bits per heavy atom. The zero-order valence-corrected chi connectivity index (χ0v) is 26.2. The molecule has 3 aliphatic rings. The number of benzene rings is 2. The molecule has 1 N–H and O–H groups in total. The molecular formula is C32H34F7NO6S. The van der Waals surface area contributed by atoms with Gasteiger partial charge in [0.1, 0.15) is 17.1 Å². The number of carboxylic acid groups (broad SMARTS) is 1. The summed E-state index contributed by atoms with van der Waals surface area (Å²) in [6, 6.07) is 5.74. The Bertz CT molecular complexity index is 1620. The molecule has 15 heteroatoms. The smallest absolute Gasteiger partial charge is 0.435 e. The zero-order chi connectivity index (χ0) is 34.6. The third kappa shape index (κ3) is 5.55. The number of aryl methyl sites for hydroxylation is 1. The van der Waals surface area contributed by atoms with Crippen LogP contribution in [0.25, 0.3) is 0 Å².